The summed E-state index contributed by atoms with van der Waals surface area (Å²) in [6.45, 7) is 1.76. The van der Waals surface area contributed by atoms with Crippen LogP contribution < -0.4 is 10.1 Å². The van der Waals surface area contributed by atoms with Crippen LogP contribution in [0.3, 0.4) is 0 Å². The van der Waals surface area contributed by atoms with Gasteiger partial charge in [0, 0.05) is 11.6 Å². The summed E-state index contributed by atoms with van der Waals surface area (Å²) < 4.78 is 5.20. The summed E-state index contributed by atoms with van der Waals surface area (Å²) in [4.78, 5) is 14.3. The second-order valence-electron chi connectivity index (χ2n) is 4.58. The fourth-order valence-electron chi connectivity index (χ4n) is 2.16. The number of anilines is 1. The van der Waals surface area contributed by atoms with Crippen molar-refractivity contribution in [1.82, 2.24) is 4.90 Å². The lowest BCUT2D eigenvalue weighted by molar-refractivity contribution is -0.119. The van der Waals surface area contributed by atoms with Crippen molar-refractivity contribution in [3.05, 3.63) is 23.2 Å². The van der Waals surface area contributed by atoms with Crippen molar-refractivity contribution in [2.24, 2.45) is 5.92 Å². The number of likely N-dealkylation sites (tertiary alicyclic amines) is 1. The van der Waals surface area contributed by atoms with Crippen molar-refractivity contribution in [3.8, 4) is 5.75 Å². The molecule has 1 aromatic carbocycles. The van der Waals surface area contributed by atoms with Gasteiger partial charge in [-0.05, 0) is 38.2 Å². The fourth-order valence-corrected chi connectivity index (χ4v) is 2.33. The highest BCUT2D eigenvalue weighted by Crippen LogP contribution is 2.28. The number of amides is 1. The molecule has 5 heteroatoms. The zero-order valence-corrected chi connectivity index (χ0v) is 11.3. The minimum atomic E-state index is 0.0277. The summed E-state index contributed by atoms with van der Waals surface area (Å²) in [5, 5.41) is 3.47. The van der Waals surface area contributed by atoms with Gasteiger partial charge in [0.05, 0.1) is 18.7 Å². The Labute approximate surface area is 112 Å². The molecule has 1 heterocycles. The van der Waals surface area contributed by atoms with Gasteiger partial charge in [0.1, 0.15) is 5.75 Å². The Morgan fingerprint density at radius 1 is 1.56 bits per heavy atom. The third-order valence-corrected chi connectivity index (χ3v) is 3.42. The van der Waals surface area contributed by atoms with Crippen molar-refractivity contribution in [1.29, 1.82) is 0 Å². The molecule has 4 nitrogen and oxygen atoms in total. The van der Waals surface area contributed by atoms with E-state index in [1.54, 1.807) is 25.3 Å². The minimum Gasteiger partial charge on any atom is -0.495 e. The van der Waals surface area contributed by atoms with E-state index in [4.69, 9.17) is 16.3 Å². The second kappa shape index (κ2) is 5.59. The molecule has 1 aliphatic heterocycles. The number of carbonyl (C=O) groups is 1. The molecule has 0 radical (unpaired) electrons. The summed E-state index contributed by atoms with van der Waals surface area (Å²) in [5.41, 5.74) is 0.629. The highest BCUT2D eigenvalue weighted by Gasteiger charge is 2.26. The summed E-state index contributed by atoms with van der Waals surface area (Å²) in [5.74, 6) is 0.692. The zero-order valence-electron chi connectivity index (χ0n) is 10.6. The summed E-state index contributed by atoms with van der Waals surface area (Å²) >= 11 is 5.93. The van der Waals surface area contributed by atoms with Gasteiger partial charge in [0.15, 0.2) is 0 Å². The molecule has 1 aromatic rings. The smallest absolute Gasteiger partial charge is 0.228 e. The predicted molar refractivity (Wildman–Crippen MR) is 72.2 cm³/mol. The van der Waals surface area contributed by atoms with Crippen LogP contribution in [0.25, 0.3) is 0 Å². The van der Waals surface area contributed by atoms with Crippen LogP contribution in [-0.4, -0.2) is 38.1 Å². The molecule has 1 saturated heterocycles. The average Bonchev–Trinajstić information content (AvgIpc) is 2.76. The van der Waals surface area contributed by atoms with Gasteiger partial charge in [-0.2, -0.15) is 0 Å². The fraction of sp³-hybridized carbons (Fsp3) is 0.462. The molecule has 2 rings (SSSR count). The number of hydrogen-bond donors (Lipinski definition) is 1. The standard InChI is InChI=1S/C13H17ClN2O2/c1-16-6-5-9(8-16)13(17)15-11-7-10(14)3-4-12(11)18-2/h3-4,7,9H,5-6,8H2,1-2H3,(H,15,17). The Morgan fingerprint density at radius 2 is 2.33 bits per heavy atom. The molecule has 18 heavy (non-hydrogen) atoms. The first-order valence-corrected chi connectivity index (χ1v) is 6.31. The maximum absolute atomic E-state index is 12.1. The Hall–Kier alpha value is -1.26. The first-order valence-electron chi connectivity index (χ1n) is 5.93. The van der Waals surface area contributed by atoms with Crippen molar-refractivity contribution in [2.45, 2.75) is 6.42 Å². The lowest BCUT2D eigenvalue weighted by Gasteiger charge is -2.14. The number of carbonyl (C=O) groups excluding carboxylic acids is 1. The SMILES string of the molecule is COc1ccc(Cl)cc1NC(=O)C1CCN(C)C1. The van der Waals surface area contributed by atoms with E-state index >= 15 is 0 Å². The average molecular weight is 269 g/mol. The molecule has 0 spiro atoms. The van der Waals surface area contributed by atoms with E-state index in [2.05, 4.69) is 10.2 Å². The molecule has 0 aliphatic carbocycles. The maximum Gasteiger partial charge on any atom is 0.228 e. The summed E-state index contributed by atoms with van der Waals surface area (Å²) in [6, 6.07) is 5.19. The largest absolute Gasteiger partial charge is 0.495 e. The Balaban J connectivity index is 2.09. The third kappa shape index (κ3) is 2.94. The van der Waals surface area contributed by atoms with Crippen LogP contribution in [0.1, 0.15) is 6.42 Å². The van der Waals surface area contributed by atoms with Crippen molar-refractivity contribution in [2.75, 3.05) is 32.6 Å². The summed E-state index contributed by atoms with van der Waals surface area (Å²) in [7, 11) is 3.59. The number of nitrogens with one attached hydrogen (secondary N) is 1. The maximum atomic E-state index is 12.1. The Kier molecular flexibility index (Phi) is 4.09. The van der Waals surface area contributed by atoms with E-state index in [9.17, 15) is 4.79 Å². The highest BCUT2D eigenvalue weighted by atomic mass is 35.5. The van der Waals surface area contributed by atoms with Crippen LogP contribution in [0.4, 0.5) is 5.69 Å². The first-order chi connectivity index (χ1) is 8.60. The van der Waals surface area contributed by atoms with Crippen LogP contribution in [0, 0.1) is 5.92 Å². The van der Waals surface area contributed by atoms with E-state index in [1.807, 2.05) is 7.05 Å². The molecule has 1 aliphatic rings. The number of nitrogens with zero attached hydrogens (tertiary/aromatic N) is 1. The molecule has 1 unspecified atom stereocenters. The van der Waals surface area contributed by atoms with Crippen LogP contribution in [0.15, 0.2) is 18.2 Å². The molecule has 1 N–H and O–H groups in total. The van der Waals surface area contributed by atoms with Crippen LogP contribution >= 0.6 is 11.6 Å². The van der Waals surface area contributed by atoms with E-state index in [-0.39, 0.29) is 11.8 Å². The lowest BCUT2D eigenvalue weighted by atomic mass is 10.1. The first kappa shape index (κ1) is 13.2. The van der Waals surface area contributed by atoms with Gasteiger partial charge in [-0.3, -0.25) is 4.79 Å². The minimum absolute atomic E-state index is 0.0277. The molecule has 0 aromatic heterocycles. The molecule has 98 valence electrons. The van der Waals surface area contributed by atoms with Crippen LogP contribution in [-0.2, 0) is 4.79 Å². The van der Waals surface area contributed by atoms with Crippen LogP contribution in [0.5, 0.6) is 5.75 Å². The van der Waals surface area contributed by atoms with Gasteiger partial charge in [0.25, 0.3) is 0 Å². The van der Waals surface area contributed by atoms with Gasteiger partial charge in [0.2, 0.25) is 5.91 Å². The lowest BCUT2D eigenvalue weighted by Crippen LogP contribution is -2.25. The van der Waals surface area contributed by atoms with Crippen molar-refractivity contribution in [3.63, 3.8) is 0 Å². The van der Waals surface area contributed by atoms with Crippen molar-refractivity contribution < 1.29 is 9.53 Å². The highest BCUT2D eigenvalue weighted by molar-refractivity contribution is 6.31. The molecule has 1 fully saturated rings. The quantitative estimate of drug-likeness (QED) is 0.914. The molecule has 0 saturated carbocycles. The van der Waals surface area contributed by atoms with Gasteiger partial charge in [-0.15, -0.1) is 0 Å². The number of hydrogen-bond acceptors (Lipinski definition) is 3. The molecular formula is C13H17ClN2O2. The number of methoxy groups -OCH3 is 1. The molecule has 0 bridgehead atoms. The molecular weight excluding hydrogens is 252 g/mol. The zero-order chi connectivity index (χ0) is 13.1. The Bertz CT molecular complexity index is 451. The topological polar surface area (TPSA) is 41.6 Å². The summed E-state index contributed by atoms with van der Waals surface area (Å²) in [6.07, 6.45) is 0.894. The molecule has 1 atom stereocenters. The van der Waals surface area contributed by atoms with Gasteiger partial charge < -0.3 is 15.0 Å². The predicted octanol–water partition coefficient (Wildman–Crippen LogP) is 2.24. The van der Waals surface area contributed by atoms with Gasteiger partial charge >= 0.3 is 0 Å². The van der Waals surface area contributed by atoms with Gasteiger partial charge in [-0.1, -0.05) is 11.6 Å². The van der Waals surface area contributed by atoms with Crippen molar-refractivity contribution >= 4 is 23.2 Å². The number of ether oxygens (including phenoxy) is 1. The second-order valence-corrected chi connectivity index (χ2v) is 5.02. The Morgan fingerprint density at radius 3 is 2.94 bits per heavy atom. The van der Waals surface area contributed by atoms with E-state index in [0.29, 0.717) is 16.5 Å². The third-order valence-electron chi connectivity index (χ3n) is 3.18. The normalized spacial score (nSPS) is 19.8. The number of halogens is 1. The van der Waals surface area contributed by atoms with E-state index < -0.39 is 0 Å². The number of rotatable bonds is 3. The monoisotopic (exact) mass is 268 g/mol. The molecule has 1 amide bonds. The van der Waals surface area contributed by atoms with E-state index in [0.717, 1.165) is 19.5 Å². The van der Waals surface area contributed by atoms with Crippen LogP contribution in [0.2, 0.25) is 5.02 Å². The van der Waals surface area contributed by atoms with Gasteiger partial charge in [-0.25, -0.2) is 0 Å². The number of benzene rings is 1. The van der Waals surface area contributed by atoms with E-state index in [1.165, 1.54) is 0 Å².